The molecule has 0 atom stereocenters. The second-order valence-electron chi connectivity index (χ2n) is 4.36. The van der Waals surface area contributed by atoms with Crippen LogP contribution >= 0.6 is 0 Å². The average molecular weight is 291 g/mol. The van der Waals surface area contributed by atoms with Gasteiger partial charge in [0.05, 0.1) is 5.71 Å². The summed E-state index contributed by atoms with van der Waals surface area (Å²) in [5, 5.41) is 0. The van der Waals surface area contributed by atoms with Crippen LogP contribution in [0.25, 0.3) is 0 Å². The van der Waals surface area contributed by atoms with E-state index < -0.39 is 0 Å². The Morgan fingerprint density at radius 1 is 1.10 bits per heavy atom. The topological polar surface area (TPSA) is 28.0 Å². The van der Waals surface area contributed by atoms with Gasteiger partial charge in [0.15, 0.2) is 0 Å². The van der Waals surface area contributed by atoms with Crippen molar-refractivity contribution in [1.29, 1.82) is 0 Å². The summed E-state index contributed by atoms with van der Waals surface area (Å²) < 4.78 is 0. The second kappa shape index (κ2) is 14.8. The van der Waals surface area contributed by atoms with Crippen LogP contribution < -0.4 is 0 Å². The lowest BCUT2D eigenvalue weighted by molar-refractivity contribution is 0.500. The molecule has 0 aromatic heterocycles. The first-order valence-corrected chi connectivity index (χ1v) is 7.77. The van der Waals surface area contributed by atoms with Gasteiger partial charge in [-0.2, -0.15) is 0 Å². The van der Waals surface area contributed by atoms with Crippen LogP contribution in [-0.4, -0.2) is 38.0 Å². The van der Waals surface area contributed by atoms with Crippen LogP contribution in [0.2, 0.25) is 0 Å². The van der Waals surface area contributed by atoms with Crippen LogP contribution in [0.5, 0.6) is 0 Å². The highest BCUT2D eigenvalue weighted by molar-refractivity contribution is 6.08. The Labute approximate surface area is 131 Å². The molecule has 0 amide bonds. The molecule has 0 spiro atoms. The number of rotatable bonds is 7. The van der Waals surface area contributed by atoms with Gasteiger partial charge in [-0.3, -0.25) is 4.99 Å². The molecule has 3 heteroatoms. The Balaban J connectivity index is 0. The van der Waals surface area contributed by atoms with Crippen LogP contribution in [0.15, 0.2) is 45.7 Å². The lowest BCUT2D eigenvalue weighted by atomic mass is 10.0. The molecule has 0 rings (SSSR count). The number of aliphatic imine (C=N–C) groups is 2. The highest BCUT2D eigenvalue weighted by Gasteiger charge is 2.11. The largest absolute Gasteiger partial charge is 0.362 e. The van der Waals surface area contributed by atoms with E-state index in [2.05, 4.69) is 16.9 Å². The third-order valence-electron chi connectivity index (χ3n) is 2.54. The fourth-order valence-corrected chi connectivity index (χ4v) is 1.74. The maximum atomic E-state index is 4.56. The standard InChI is InChI=1S/C16H27N3.C2H6/c1-7-10-13-18-16(19(5)6)14(11-8-2)15(17-4)12-9-3;1-2/h7,9-10,12-13H,8,11H2,1-6H3;1-2H3/b10-7+,12-9-,16-14+,17-15?,18-13+;. The molecule has 120 valence electrons. The average Bonchev–Trinajstić information content (AvgIpc) is 2.49. The Kier molecular flexibility index (Phi) is 15.2. The fourth-order valence-electron chi connectivity index (χ4n) is 1.74. The molecule has 0 aliphatic rings. The van der Waals surface area contributed by atoms with E-state index in [1.54, 1.807) is 0 Å². The van der Waals surface area contributed by atoms with Gasteiger partial charge in [-0.15, -0.1) is 0 Å². The first-order chi connectivity index (χ1) is 10.1. The van der Waals surface area contributed by atoms with Crippen LogP contribution in [-0.2, 0) is 0 Å². The van der Waals surface area contributed by atoms with Crippen LogP contribution in [0.3, 0.4) is 0 Å². The van der Waals surface area contributed by atoms with Crippen molar-refractivity contribution >= 4 is 11.9 Å². The van der Waals surface area contributed by atoms with Crippen molar-refractivity contribution in [2.24, 2.45) is 9.98 Å². The van der Waals surface area contributed by atoms with Crippen molar-refractivity contribution in [1.82, 2.24) is 4.90 Å². The predicted molar refractivity (Wildman–Crippen MR) is 98.4 cm³/mol. The molecule has 0 fully saturated rings. The molecule has 0 aromatic rings. The zero-order valence-electron chi connectivity index (χ0n) is 15.1. The smallest absolute Gasteiger partial charge is 0.133 e. The molecule has 0 unspecified atom stereocenters. The Bertz CT molecular complexity index is 397. The summed E-state index contributed by atoms with van der Waals surface area (Å²) in [6.07, 6.45) is 11.8. The Morgan fingerprint density at radius 3 is 2.10 bits per heavy atom. The summed E-state index contributed by atoms with van der Waals surface area (Å²) in [6, 6.07) is 0. The molecule has 0 heterocycles. The van der Waals surface area contributed by atoms with Crippen molar-refractivity contribution in [2.75, 3.05) is 21.1 Å². The molecule has 0 aliphatic carbocycles. The maximum Gasteiger partial charge on any atom is 0.133 e. The minimum atomic E-state index is 0.970. The minimum Gasteiger partial charge on any atom is -0.362 e. The van der Waals surface area contributed by atoms with Crippen molar-refractivity contribution < 1.29 is 0 Å². The van der Waals surface area contributed by atoms with Crippen molar-refractivity contribution in [3.05, 3.63) is 35.7 Å². The van der Waals surface area contributed by atoms with E-state index in [0.717, 1.165) is 24.4 Å². The quantitative estimate of drug-likeness (QED) is 0.614. The normalized spacial score (nSPS) is 13.6. The summed E-state index contributed by atoms with van der Waals surface area (Å²) >= 11 is 0. The number of hydrogen-bond donors (Lipinski definition) is 0. The van der Waals surface area contributed by atoms with E-state index in [0.29, 0.717) is 0 Å². The third-order valence-corrected chi connectivity index (χ3v) is 2.54. The van der Waals surface area contributed by atoms with Gasteiger partial charge in [0, 0.05) is 32.9 Å². The Morgan fingerprint density at radius 2 is 1.71 bits per heavy atom. The van der Waals surface area contributed by atoms with Crippen LogP contribution in [0, 0.1) is 0 Å². The lowest BCUT2D eigenvalue weighted by Gasteiger charge is -2.18. The van der Waals surface area contributed by atoms with Gasteiger partial charge in [-0.05, 0) is 32.4 Å². The molecule has 0 aromatic carbocycles. The predicted octanol–water partition coefficient (Wildman–Crippen LogP) is 4.88. The van der Waals surface area contributed by atoms with Gasteiger partial charge in [-0.1, -0.05) is 39.3 Å². The fraction of sp³-hybridized carbons (Fsp3) is 0.556. The molecule has 0 N–H and O–H groups in total. The first kappa shape index (κ1) is 21.7. The molecule has 0 bridgehead atoms. The number of hydrogen-bond acceptors (Lipinski definition) is 3. The number of nitrogens with zero attached hydrogens (tertiary/aromatic N) is 3. The first-order valence-electron chi connectivity index (χ1n) is 7.77. The monoisotopic (exact) mass is 291 g/mol. The molecule has 0 saturated carbocycles. The zero-order valence-corrected chi connectivity index (χ0v) is 15.1. The molecule has 3 nitrogen and oxygen atoms in total. The van der Waals surface area contributed by atoms with E-state index in [1.165, 1.54) is 5.57 Å². The van der Waals surface area contributed by atoms with Gasteiger partial charge >= 0.3 is 0 Å². The molecular formula is C18H33N3. The van der Waals surface area contributed by atoms with E-state index in [4.69, 9.17) is 0 Å². The van der Waals surface area contributed by atoms with Crippen LogP contribution in [0.1, 0.15) is 47.5 Å². The van der Waals surface area contributed by atoms with Crippen molar-refractivity contribution in [3.63, 3.8) is 0 Å². The highest BCUT2D eigenvalue weighted by Crippen LogP contribution is 2.17. The second-order valence-corrected chi connectivity index (χ2v) is 4.36. The SMILES string of the molecule is C/C=C\C(=NC)\C(CCC)=C(/N=C/C=C/C)N(C)C.CC. The molecule has 0 radical (unpaired) electrons. The summed E-state index contributed by atoms with van der Waals surface area (Å²) in [4.78, 5) is 11.0. The molecule has 21 heavy (non-hydrogen) atoms. The van der Waals surface area contributed by atoms with E-state index in [-0.39, 0.29) is 0 Å². The van der Waals surface area contributed by atoms with Gasteiger partial charge < -0.3 is 4.90 Å². The summed E-state index contributed by atoms with van der Waals surface area (Å²) in [6.45, 7) is 10.2. The van der Waals surface area contributed by atoms with Gasteiger partial charge in [0.25, 0.3) is 0 Å². The minimum absolute atomic E-state index is 0.970. The van der Waals surface area contributed by atoms with Gasteiger partial charge in [-0.25, -0.2) is 4.99 Å². The van der Waals surface area contributed by atoms with Crippen molar-refractivity contribution in [3.8, 4) is 0 Å². The highest BCUT2D eigenvalue weighted by atomic mass is 15.2. The Hall–Kier alpha value is -1.64. The maximum absolute atomic E-state index is 4.56. The van der Waals surface area contributed by atoms with Crippen LogP contribution in [0.4, 0.5) is 0 Å². The van der Waals surface area contributed by atoms with E-state index in [9.17, 15) is 0 Å². The van der Waals surface area contributed by atoms with E-state index >= 15 is 0 Å². The van der Waals surface area contributed by atoms with Crippen molar-refractivity contribution in [2.45, 2.75) is 47.5 Å². The lowest BCUT2D eigenvalue weighted by Crippen LogP contribution is -2.16. The summed E-state index contributed by atoms with van der Waals surface area (Å²) in [5.74, 6) is 0.971. The van der Waals surface area contributed by atoms with Gasteiger partial charge in [0.1, 0.15) is 5.82 Å². The third kappa shape index (κ3) is 9.01. The molecule has 0 saturated heterocycles. The summed E-state index contributed by atoms with van der Waals surface area (Å²) in [5.41, 5.74) is 2.19. The molecular weight excluding hydrogens is 258 g/mol. The molecule has 0 aliphatic heterocycles. The number of allylic oxidation sites excluding steroid dienone is 5. The summed E-state index contributed by atoms with van der Waals surface area (Å²) in [7, 11) is 5.86. The zero-order chi connectivity index (χ0) is 16.7. The van der Waals surface area contributed by atoms with E-state index in [1.807, 2.05) is 84.3 Å². The van der Waals surface area contributed by atoms with Gasteiger partial charge in [0.2, 0.25) is 0 Å².